The molecule has 1 atom stereocenters. The van der Waals surface area contributed by atoms with Crippen LogP contribution in [0.3, 0.4) is 0 Å². The molecule has 3 aromatic heterocycles. The highest BCUT2D eigenvalue weighted by atomic mass is 32.2. The Bertz CT molecular complexity index is 1320. The Kier molecular flexibility index (Phi) is 6.34. The maximum atomic E-state index is 13.3. The maximum absolute atomic E-state index is 13.3. The van der Waals surface area contributed by atoms with Gasteiger partial charge in [-0.2, -0.15) is 0 Å². The van der Waals surface area contributed by atoms with Crippen LogP contribution in [0.1, 0.15) is 17.5 Å². The van der Waals surface area contributed by atoms with Crippen molar-refractivity contribution < 1.29 is 18.4 Å². The summed E-state index contributed by atoms with van der Waals surface area (Å²) >= 11 is 2.93. The normalized spacial score (nSPS) is 15.0. The van der Waals surface area contributed by atoms with Gasteiger partial charge in [-0.05, 0) is 42.8 Å². The first kappa shape index (κ1) is 22.5. The van der Waals surface area contributed by atoms with E-state index in [1.54, 1.807) is 34.1 Å². The first-order valence-electron chi connectivity index (χ1n) is 10.8. The molecule has 1 fully saturated rings. The zero-order valence-electron chi connectivity index (χ0n) is 18.3. The fourth-order valence-electron chi connectivity index (χ4n) is 3.83. The fraction of sp³-hybridized carbons (Fsp3) is 0.250. The van der Waals surface area contributed by atoms with Gasteiger partial charge >= 0.3 is 0 Å². The Labute approximate surface area is 203 Å². The largest absolute Gasteiger partial charge is 0.459 e. The quantitative estimate of drug-likeness (QED) is 0.298. The van der Waals surface area contributed by atoms with E-state index in [0.29, 0.717) is 31.9 Å². The fourth-order valence-corrected chi connectivity index (χ4v) is 6.01. The number of carbonyl (C=O) groups is 2. The predicted octanol–water partition coefficient (Wildman–Crippen LogP) is 4.56. The molecule has 4 aromatic rings. The lowest BCUT2D eigenvalue weighted by molar-refractivity contribution is -0.131. The van der Waals surface area contributed by atoms with E-state index in [1.807, 2.05) is 13.0 Å². The molecule has 0 unspecified atom stereocenters. The zero-order chi connectivity index (χ0) is 23.7. The number of hydrogen-bond acceptors (Lipinski definition) is 7. The molecule has 174 valence electrons. The van der Waals surface area contributed by atoms with Crippen molar-refractivity contribution in [2.45, 2.75) is 17.2 Å². The number of halogens is 1. The van der Waals surface area contributed by atoms with E-state index in [1.165, 1.54) is 47.8 Å². The monoisotopic (exact) mass is 496 g/mol. The molecular weight excluding hydrogens is 475 g/mol. The summed E-state index contributed by atoms with van der Waals surface area (Å²) in [5, 5.41) is 0.401. The molecule has 2 amide bonds. The van der Waals surface area contributed by atoms with Gasteiger partial charge in [-0.3, -0.25) is 9.59 Å². The number of carbonyl (C=O) groups excluding carboxylic acids is 2. The number of benzene rings is 1. The summed E-state index contributed by atoms with van der Waals surface area (Å²) in [5.41, 5.74) is 1.71. The second-order valence-corrected chi connectivity index (χ2v) is 10.2. The van der Waals surface area contributed by atoms with Gasteiger partial charge in [0, 0.05) is 31.1 Å². The number of thiophene rings is 1. The lowest BCUT2D eigenvalue weighted by atomic mass is 10.2. The Morgan fingerprint density at radius 1 is 1.09 bits per heavy atom. The van der Waals surface area contributed by atoms with Crippen molar-refractivity contribution in [3.05, 3.63) is 66.6 Å². The zero-order valence-corrected chi connectivity index (χ0v) is 19.9. The van der Waals surface area contributed by atoms with E-state index in [4.69, 9.17) is 4.42 Å². The van der Waals surface area contributed by atoms with Gasteiger partial charge < -0.3 is 14.2 Å². The van der Waals surface area contributed by atoms with Gasteiger partial charge in [0.1, 0.15) is 17.2 Å². The van der Waals surface area contributed by atoms with Crippen molar-refractivity contribution in [2.75, 3.05) is 26.2 Å². The van der Waals surface area contributed by atoms with Crippen molar-refractivity contribution in [2.24, 2.45) is 0 Å². The molecule has 4 heterocycles. The minimum Gasteiger partial charge on any atom is -0.459 e. The van der Waals surface area contributed by atoms with Crippen LogP contribution in [0.25, 0.3) is 20.7 Å². The molecule has 0 bridgehead atoms. The molecule has 0 saturated carbocycles. The third-order valence-corrected chi connectivity index (χ3v) is 8.05. The SMILES string of the molecule is C[C@H](Sc1ncnc2cc(-c3ccc(F)cc3)sc12)C(=O)N1CCN(C(=O)c2ccco2)CC1. The highest BCUT2D eigenvalue weighted by molar-refractivity contribution is 8.00. The van der Waals surface area contributed by atoms with Crippen molar-refractivity contribution in [3.8, 4) is 10.4 Å². The van der Waals surface area contributed by atoms with Gasteiger partial charge in [-0.25, -0.2) is 14.4 Å². The van der Waals surface area contributed by atoms with Crippen LogP contribution in [0.5, 0.6) is 0 Å². The first-order chi connectivity index (χ1) is 16.5. The Morgan fingerprint density at radius 2 is 1.82 bits per heavy atom. The van der Waals surface area contributed by atoms with Crippen LogP contribution in [0.4, 0.5) is 4.39 Å². The van der Waals surface area contributed by atoms with Crippen molar-refractivity contribution in [1.82, 2.24) is 19.8 Å². The van der Waals surface area contributed by atoms with Gasteiger partial charge in [-0.1, -0.05) is 23.9 Å². The molecule has 5 rings (SSSR count). The van der Waals surface area contributed by atoms with E-state index < -0.39 is 0 Å². The predicted molar refractivity (Wildman–Crippen MR) is 129 cm³/mol. The van der Waals surface area contributed by atoms with Crippen molar-refractivity contribution in [3.63, 3.8) is 0 Å². The third kappa shape index (κ3) is 4.55. The van der Waals surface area contributed by atoms with Crippen LogP contribution in [0.15, 0.2) is 64.5 Å². The van der Waals surface area contributed by atoms with Gasteiger partial charge in [0.25, 0.3) is 5.91 Å². The molecule has 1 aliphatic rings. The second-order valence-electron chi connectivity index (χ2n) is 7.87. The van der Waals surface area contributed by atoms with Crippen LogP contribution >= 0.6 is 23.1 Å². The molecule has 10 heteroatoms. The topological polar surface area (TPSA) is 79.5 Å². The molecule has 1 aliphatic heterocycles. The Morgan fingerprint density at radius 3 is 2.53 bits per heavy atom. The molecule has 1 saturated heterocycles. The van der Waals surface area contributed by atoms with Gasteiger partial charge in [0.15, 0.2) is 5.76 Å². The molecule has 0 N–H and O–H groups in total. The number of thioether (sulfide) groups is 1. The standard InChI is InChI=1S/C24H21FN4O3S2/c1-15(23(30)28-8-10-29(11-9-28)24(31)19-3-2-12-32-19)33-22-21-18(26-14-27-22)13-20(34-21)16-4-6-17(25)7-5-16/h2-7,12-15H,8-11H2,1H3/t15-/m0/s1. The first-order valence-corrected chi connectivity index (χ1v) is 12.5. The van der Waals surface area contributed by atoms with Gasteiger partial charge in [0.2, 0.25) is 5.91 Å². The lowest BCUT2D eigenvalue weighted by Gasteiger charge is -2.35. The van der Waals surface area contributed by atoms with Crippen LogP contribution in [0, 0.1) is 5.82 Å². The van der Waals surface area contributed by atoms with Crippen LogP contribution in [-0.4, -0.2) is 63.0 Å². The van der Waals surface area contributed by atoms with E-state index in [2.05, 4.69) is 9.97 Å². The average molecular weight is 497 g/mol. The summed E-state index contributed by atoms with van der Waals surface area (Å²) in [6.07, 6.45) is 2.98. The number of fused-ring (bicyclic) bond motifs is 1. The number of rotatable bonds is 5. The minimum absolute atomic E-state index is 0.0113. The van der Waals surface area contributed by atoms with Crippen LogP contribution in [0.2, 0.25) is 0 Å². The molecule has 1 aromatic carbocycles. The summed E-state index contributed by atoms with van der Waals surface area (Å²) in [6.45, 7) is 3.75. The van der Waals surface area contributed by atoms with Crippen molar-refractivity contribution >= 4 is 45.1 Å². The average Bonchev–Trinajstić information content (AvgIpc) is 3.55. The summed E-state index contributed by atoms with van der Waals surface area (Å²) in [5.74, 6) is -0.110. The summed E-state index contributed by atoms with van der Waals surface area (Å²) in [4.78, 5) is 38.8. The Balaban J connectivity index is 1.25. The van der Waals surface area contributed by atoms with E-state index in [9.17, 15) is 14.0 Å². The van der Waals surface area contributed by atoms with Crippen LogP contribution < -0.4 is 0 Å². The minimum atomic E-state index is -0.346. The molecule has 0 spiro atoms. The van der Waals surface area contributed by atoms with E-state index >= 15 is 0 Å². The maximum Gasteiger partial charge on any atom is 0.289 e. The molecule has 0 aliphatic carbocycles. The Hall–Kier alpha value is -3.24. The summed E-state index contributed by atoms with van der Waals surface area (Å²) < 4.78 is 19.4. The van der Waals surface area contributed by atoms with Gasteiger partial charge in [-0.15, -0.1) is 11.3 Å². The molecular formula is C24H21FN4O3S2. The highest BCUT2D eigenvalue weighted by Gasteiger charge is 2.29. The highest BCUT2D eigenvalue weighted by Crippen LogP contribution is 2.38. The van der Waals surface area contributed by atoms with Crippen molar-refractivity contribution in [1.29, 1.82) is 0 Å². The van der Waals surface area contributed by atoms with Gasteiger partial charge in [0.05, 0.1) is 21.7 Å². The summed E-state index contributed by atoms with van der Waals surface area (Å²) in [7, 11) is 0. The van der Waals surface area contributed by atoms with Crippen LogP contribution in [-0.2, 0) is 4.79 Å². The number of amides is 2. The number of hydrogen-bond donors (Lipinski definition) is 0. The lowest BCUT2D eigenvalue weighted by Crippen LogP contribution is -2.52. The number of furan rings is 1. The van der Waals surface area contributed by atoms with E-state index in [-0.39, 0.29) is 22.9 Å². The van der Waals surface area contributed by atoms with E-state index in [0.717, 1.165) is 25.7 Å². The third-order valence-electron chi connectivity index (χ3n) is 5.65. The number of aromatic nitrogens is 2. The second kappa shape index (κ2) is 9.55. The summed E-state index contributed by atoms with van der Waals surface area (Å²) in [6, 6.07) is 11.6. The molecule has 34 heavy (non-hydrogen) atoms. The smallest absolute Gasteiger partial charge is 0.289 e. The number of nitrogens with zero attached hydrogens (tertiary/aromatic N) is 4. The molecule has 0 radical (unpaired) electrons. The molecule has 7 nitrogen and oxygen atoms in total. The number of piperazine rings is 1.